The minimum Gasteiger partial charge on any atom is -0.360 e. The number of benzene rings is 2. The highest BCUT2D eigenvalue weighted by molar-refractivity contribution is 7.89. The van der Waals surface area contributed by atoms with Crippen LogP contribution >= 0.6 is 11.6 Å². The second-order valence-corrected chi connectivity index (χ2v) is 9.03. The summed E-state index contributed by atoms with van der Waals surface area (Å²) < 4.78 is 45.5. The molecule has 2 amide bonds. The minimum atomic E-state index is -3.97. The number of sulfonamides is 1. The van der Waals surface area contributed by atoms with Crippen molar-refractivity contribution in [2.24, 2.45) is 0 Å². The van der Waals surface area contributed by atoms with Crippen molar-refractivity contribution in [3.63, 3.8) is 0 Å². The van der Waals surface area contributed by atoms with Crippen LogP contribution in [0.5, 0.6) is 0 Å². The maximum atomic E-state index is 13.1. The molecular formula is C20H21ClFN3O5S. The molecule has 0 unspecified atom stereocenters. The Kier molecular flexibility index (Phi) is 7.60. The van der Waals surface area contributed by atoms with E-state index < -0.39 is 33.9 Å². The van der Waals surface area contributed by atoms with Gasteiger partial charge in [0.05, 0.1) is 18.0 Å². The van der Waals surface area contributed by atoms with Gasteiger partial charge < -0.3 is 15.4 Å². The number of nitrogens with zero attached hydrogens (tertiary/aromatic N) is 1. The fourth-order valence-corrected chi connectivity index (χ4v) is 4.77. The van der Waals surface area contributed by atoms with Crippen LogP contribution in [-0.4, -0.2) is 50.5 Å². The fraction of sp³-hybridized carbons (Fsp3) is 0.300. The summed E-state index contributed by atoms with van der Waals surface area (Å²) >= 11 is 6.02. The summed E-state index contributed by atoms with van der Waals surface area (Å²) in [6.45, 7) is 0.309. The first kappa shape index (κ1) is 23.1. The van der Waals surface area contributed by atoms with Crippen molar-refractivity contribution in [2.75, 3.05) is 19.7 Å². The molecule has 31 heavy (non-hydrogen) atoms. The van der Waals surface area contributed by atoms with Gasteiger partial charge in [-0.15, -0.1) is 0 Å². The molecule has 1 aliphatic rings. The van der Waals surface area contributed by atoms with E-state index in [1.165, 1.54) is 0 Å². The summed E-state index contributed by atoms with van der Waals surface area (Å²) in [6.07, 6.45) is -0.535. The van der Waals surface area contributed by atoms with Gasteiger partial charge in [-0.3, -0.25) is 9.59 Å². The molecule has 2 N–H and O–H groups in total. The molecule has 0 bridgehead atoms. The third-order valence-corrected chi connectivity index (χ3v) is 6.89. The molecule has 0 aromatic heterocycles. The first-order valence-corrected chi connectivity index (χ1v) is 11.3. The third kappa shape index (κ3) is 5.79. The largest absolute Gasteiger partial charge is 0.360 e. The second-order valence-electron chi connectivity index (χ2n) is 6.73. The van der Waals surface area contributed by atoms with E-state index in [0.717, 1.165) is 28.6 Å². The van der Waals surface area contributed by atoms with Gasteiger partial charge in [0, 0.05) is 18.1 Å². The highest BCUT2D eigenvalue weighted by Gasteiger charge is 2.35. The van der Waals surface area contributed by atoms with Gasteiger partial charge in [-0.2, -0.15) is 4.31 Å². The maximum absolute atomic E-state index is 13.1. The lowest BCUT2D eigenvalue weighted by Crippen LogP contribution is -2.53. The number of carbonyl (C=O) groups is 2. The van der Waals surface area contributed by atoms with Crippen molar-refractivity contribution < 1.29 is 27.1 Å². The van der Waals surface area contributed by atoms with E-state index >= 15 is 0 Å². The molecule has 0 spiro atoms. The molecule has 0 aliphatic carbocycles. The Morgan fingerprint density at radius 2 is 1.77 bits per heavy atom. The highest BCUT2D eigenvalue weighted by atomic mass is 35.5. The molecule has 11 heteroatoms. The van der Waals surface area contributed by atoms with Crippen LogP contribution in [0.2, 0.25) is 5.02 Å². The van der Waals surface area contributed by atoms with Crippen LogP contribution in [-0.2, 0) is 30.9 Å². The summed E-state index contributed by atoms with van der Waals surface area (Å²) in [5.41, 5.74) is 0.650. The molecule has 8 nitrogen and oxygen atoms in total. The first-order chi connectivity index (χ1) is 14.8. The topological polar surface area (TPSA) is 105 Å². The summed E-state index contributed by atoms with van der Waals surface area (Å²) in [6, 6.07) is 11.3. The van der Waals surface area contributed by atoms with Crippen molar-refractivity contribution in [2.45, 2.75) is 24.1 Å². The van der Waals surface area contributed by atoms with Crippen LogP contribution in [0.4, 0.5) is 4.39 Å². The quantitative estimate of drug-likeness (QED) is 0.626. The van der Waals surface area contributed by atoms with Crippen LogP contribution in [0, 0.1) is 5.82 Å². The number of hydrogen-bond donors (Lipinski definition) is 2. The lowest BCUT2D eigenvalue weighted by molar-refractivity contribution is -0.140. The van der Waals surface area contributed by atoms with Crippen molar-refractivity contribution in [3.8, 4) is 0 Å². The molecule has 1 saturated heterocycles. The van der Waals surface area contributed by atoms with Gasteiger partial charge in [-0.05, 0) is 42.3 Å². The predicted molar refractivity (Wildman–Crippen MR) is 111 cm³/mol. The zero-order valence-corrected chi connectivity index (χ0v) is 18.0. The molecule has 1 heterocycles. The summed E-state index contributed by atoms with van der Waals surface area (Å²) in [5.74, 6) is -2.37. The smallest absolute Gasteiger partial charge is 0.309 e. The average Bonchev–Trinajstić information content (AvgIpc) is 2.77. The van der Waals surface area contributed by atoms with E-state index in [4.69, 9.17) is 16.3 Å². The molecule has 1 fully saturated rings. The van der Waals surface area contributed by atoms with Crippen LogP contribution in [0.3, 0.4) is 0 Å². The predicted octanol–water partition coefficient (Wildman–Crippen LogP) is 1.65. The van der Waals surface area contributed by atoms with Crippen molar-refractivity contribution in [1.82, 2.24) is 14.9 Å². The highest BCUT2D eigenvalue weighted by Crippen LogP contribution is 2.22. The second kappa shape index (κ2) is 10.2. The number of halogens is 2. The minimum absolute atomic E-state index is 0.0664. The standard InChI is InChI=1S/C20H21ClFN3O5S/c21-17-5-2-1-4-14(17)12-23-19(26)20(27)24-13-18-25(10-3-11-30-18)31(28,29)16-8-6-15(22)7-9-16/h1-2,4-9,18H,3,10-13H2,(H,23,26)(H,24,27)/t18-/m1/s1. The van der Waals surface area contributed by atoms with Gasteiger partial charge in [-0.1, -0.05) is 29.8 Å². The van der Waals surface area contributed by atoms with E-state index in [0.29, 0.717) is 23.6 Å². The maximum Gasteiger partial charge on any atom is 0.309 e. The molecule has 3 rings (SSSR count). The zero-order valence-electron chi connectivity index (χ0n) is 16.4. The number of rotatable bonds is 6. The average molecular weight is 470 g/mol. The van der Waals surface area contributed by atoms with Gasteiger partial charge >= 0.3 is 11.8 Å². The lowest BCUT2D eigenvalue weighted by Gasteiger charge is -2.34. The van der Waals surface area contributed by atoms with Gasteiger partial charge in [0.15, 0.2) is 0 Å². The van der Waals surface area contributed by atoms with Crippen LogP contribution in [0.1, 0.15) is 12.0 Å². The van der Waals surface area contributed by atoms with E-state index in [1.807, 2.05) is 0 Å². The van der Waals surface area contributed by atoms with E-state index in [-0.39, 0.29) is 24.5 Å². The van der Waals surface area contributed by atoms with Crippen molar-refractivity contribution in [3.05, 3.63) is 64.9 Å². The Hall–Kier alpha value is -2.53. The molecular weight excluding hydrogens is 449 g/mol. The number of carbonyl (C=O) groups excluding carboxylic acids is 2. The molecule has 2 aromatic carbocycles. The third-order valence-electron chi connectivity index (χ3n) is 4.62. The Morgan fingerprint density at radius 1 is 1.10 bits per heavy atom. The molecule has 2 aromatic rings. The van der Waals surface area contributed by atoms with Crippen LogP contribution in [0.15, 0.2) is 53.4 Å². The summed E-state index contributed by atoms with van der Waals surface area (Å²) in [4.78, 5) is 24.1. The Bertz CT molecular complexity index is 1050. The first-order valence-electron chi connectivity index (χ1n) is 9.47. The van der Waals surface area contributed by atoms with Gasteiger partial charge in [0.25, 0.3) is 0 Å². The molecule has 1 aliphatic heterocycles. The number of hydrogen-bond acceptors (Lipinski definition) is 5. The number of amides is 2. The Labute approximate surface area is 184 Å². The van der Waals surface area contributed by atoms with Gasteiger partial charge in [0.2, 0.25) is 10.0 Å². The monoisotopic (exact) mass is 469 g/mol. The molecule has 166 valence electrons. The lowest BCUT2D eigenvalue weighted by atomic mass is 10.2. The van der Waals surface area contributed by atoms with E-state index in [9.17, 15) is 22.4 Å². The SMILES string of the molecule is O=C(NCc1ccccc1Cl)C(=O)NC[C@H]1OCCCN1S(=O)(=O)c1ccc(F)cc1. The van der Waals surface area contributed by atoms with E-state index in [2.05, 4.69) is 10.6 Å². The molecule has 0 radical (unpaired) electrons. The van der Waals surface area contributed by atoms with Crippen LogP contribution < -0.4 is 10.6 Å². The number of nitrogens with one attached hydrogen (secondary N) is 2. The van der Waals surface area contributed by atoms with Gasteiger partial charge in [-0.25, -0.2) is 12.8 Å². The number of ether oxygens (including phenoxy) is 1. The summed E-state index contributed by atoms with van der Waals surface area (Å²) in [7, 11) is -3.97. The zero-order chi connectivity index (χ0) is 22.4. The van der Waals surface area contributed by atoms with Crippen molar-refractivity contribution >= 4 is 33.4 Å². The molecule has 1 atom stereocenters. The molecule has 0 saturated carbocycles. The van der Waals surface area contributed by atoms with Crippen molar-refractivity contribution in [1.29, 1.82) is 0 Å². The normalized spacial score (nSPS) is 17.2. The van der Waals surface area contributed by atoms with Crippen LogP contribution in [0.25, 0.3) is 0 Å². The summed E-state index contributed by atoms with van der Waals surface area (Å²) in [5, 5.41) is 5.31. The Morgan fingerprint density at radius 3 is 2.48 bits per heavy atom. The Balaban J connectivity index is 1.59. The van der Waals surface area contributed by atoms with E-state index in [1.54, 1.807) is 24.3 Å². The van der Waals surface area contributed by atoms with Gasteiger partial charge in [0.1, 0.15) is 12.0 Å². The fourth-order valence-electron chi connectivity index (χ4n) is 3.00.